The van der Waals surface area contributed by atoms with E-state index in [1.807, 2.05) is 54.6 Å². The number of ether oxygens (including phenoxy) is 1. The zero-order valence-corrected chi connectivity index (χ0v) is 17.1. The summed E-state index contributed by atoms with van der Waals surface area (Å²) in [5.74, 6) is 0.660. The molecule has 1 heterocycles. The van der Waals surface area contributed by atoms with Crippen LogP contribution in [-0.2, 0) is 0 Å². The molecule has 0 aliphatic rings. The topological polar surface area (TPSA) is 51.2 Å². The molecule has 0 saturated heterocycles. The van der Waals surface area contributed by atoms with E-state index in [9.17, 15) is 4.79 Å². The van der Waals surface area contributed by atoms with E-state index in [-0.39, 0.29) is 5.78 Å². The lowest BCUT2D eigenvalue weighted by Gasteiger charge is -2.10. The van der Waals surface area contributed by atoms with Crippen LogP contribution in [0.3, 0.4) is 0 Å². The first kappa shape index (κ1) is 19.7. The van der Waals surface area contributed by atoms with Crippen LogP contribution in [0.5, 0.6) is 5.75 Å². The first-order valence-corrected chi connectivity index (χ1v) is 9.78. The van der Waals surface area contributed by atoms with E-state index < -0.39 is 0 Å². The van der Waals surface area contributed by atoms with E-state index in [2.05, 4.69) is 10.3 Å². The van der Waals surface area contributed by atoms with Crippen molar-refractivity contribution in [2.24, 2.45) is 0 Å². The minimum absolute atomic E-state index is 0.0620. The van der Waals surface area contributed by atoms with Crippen molar-refractivity contribution < 1.29 is 9.53 Å². The Morgan fingerprint density at radius 1 is 1.03 bits per heavy atom. The van der Waals surface area contributed by atoms with Gasteiger partial charge in [0.15, 0.2) is 5.78 Å². The summed E-state index contributed by atoms with van der Waals surface area (Å²) in [6.45, 7) is 0. The Labute approximate surface area is 179 Å². The molecule has 0 aliphatic heterocycles. The monoisotopic (exact) mass is 414 g/mol. The highest BCUT2D eigenvalue weighted by atomic mass is 35.5. The number of anilines is 2. The molecule has 1 N–H and O–H groups in total. The number of rotatable bonds is 6. The van der Waals surface area contributed by atoms with Gasteiger partial charge in [0.05, 0.1) is 12.6 Å². The van der Waals surface area contributed by atoms with Crippen molar-refractivity contribution in [1.29, 1.82) is 0 Å². The van der Waals surface area contributed by atoms with Crippen LogP contribution in [0.2, 0.25) is 5.02 Å². The predicted octanol–water partition coefficient (Wildman–Crippen LogP) is 6.54. The molecular weight excluding hydrogens is 396 g/mol. The standard InChI is InChI=1S/C25H19ClN2O2/c1-30-21-9-6-18(7-10-21)25(29)12-5-17-3-2-4-20(15-17)28-23-13-14-27-24-16-19(26)8-11-22(23)24/h2-16H,1H3,(H,27,28)/b12-5+. The van der Waals surface area contributed by atoms with Crippen LogP contribution in [0.15, 0.2) is 85.1 Å². The SMILES string of the molecule is COc1ccc(C(=O)/C=C/c2cccc(Nc3ccnc4cc(Cl)ccc34)c2)cc1. The number of carbonyl (C=O) groups excluding carboxylic acids is 1. The van der Waals surface area contributed by atoms with Crippen molar-refractivity contribution in [2.75, 3.05) is 12.4 Å². The molecule has 4 nitrogen and oxygen atoms in total. The van der Waals surface area contributed by atoms with E-state index in [0.29, 0.717) is 10.6 Å². The molecule has 1 aromatic heterocycles. The summed E-state index contributed by atoms with van der Waals surface area (Å²) in [5, 5.41) is 5.06. The van der Waals surface area contributed by atoms with Crippen molar-refractivity contribution in [3.8, 4) is 5.75 Å². The number of nitrogens with zero attached hydrogens (tertiary/aromatic N) is 1. The van der Waals surface area contributed by atoms with Gasteiger partial charge < -0.3 is 10.1 Å². The Kier molecular flexibility index (Phi) is 5.77. The van der Waals surface area contributed by atoms with Gasteiger partial charge in [0, 0.05) is 33.5 Å². The quantitative estimate of drug-likeness (QED) is 0.287. The normalized spacial score (nSPS) is 11.0. The number of fused-ring (bicyclic) bond motifs is 1. The third-order valence-electron chi connectivity index (χ3n) is 4.67. The molecule has 4 rings (SSSR count). The molecule has 0 amide bonds. The highest BCUT2D eigenvalue weighted by molar-refractivity contribution is 6.31. The van der Waals surface area contributed by atoms with Crippen molar-refractivity contribution >= 4 is 45.7 Å². The number of ketones is 1. The van der Waals surface area contributed by atoms with Crippen LogP contribution in [0.25, 0.3) is 17.0 Å². The molecule has 0 atom stereocenters. The summed E-state index contributed by atoms with van der Waals surface area (Å²) in [7, 11) is 1.60. The summed E-state index contributed by atoms with van der Waals surface area (Å²) >= 11 is 6.07. The number of pyridine rings is 1. The van der Waals surface area contributed by atoms with Crippen molar-refractivity contribution in [3.05, 3.63) is 101 Å². The fourth-order valence-corrected chi connectivity index (χ4v) is 3.30. The van der Waals surface area contributed by atoms with Crippen molar-refractivity contribution in [3.63, 3.8) is 0 Å². The molecule has 0 radical (unpaired) electrons. The number of hydrogen-bond acceptors (Lipinski definition) is 4. The average Bonchev–Trinajstić information content (AvgIpc) is 2.78. The summed E-state index contributed by atoms with van der Waals surface area (Å²) in [5.41, 5.74) is 4.21. The number of hydrogen-bond donors (Lipinski definition) is 1. The molecule has 0 aliphatic carbocycles. The van der Waals surface area contributed by atoms with Gasteiger partial charge in [0.2, 0.25) is 0 Å². The van der Waals surface area contributed by atoms with Crippen molar-refractivity contribution in [1.82, 2.24) is 4.98 Å². The minimum Gasteiger partial charge on any atom is -0.497 e. The van der Waals surface area contributed by atoms with Gasteiger partial charge in [-0.2, -0.15) is 0 Å². The second kappa shape index (κ2) is 8.80. The maximum atomic E-state index is 12.4. The number of allylic oxidation sites excluding steroid dienone is 1. The van der Waals surface area contributed by atoms with E-state index >= 15 is 0 Å². The number of nitrogens with one attached hydrogen (secondary N) is 1. The summed E-state index contributed by atoms with van der Waals surface area (Å²) in [6, 6.07) is 22.5. The molecule has 0 spiro atoms. The summed E-state index contributed by atoms with van der Waals surface area (Å²) < 4.78 is 5.13. The molecule has 30 heavy (non-hydrogen) atoms. The zero-order valence-electron chi connectivity index (χ0n) is 16.3. The Balaban J connectivity index is 1.53. The van der Waals surface area contributed by atoms with Crippen molar-refractivity contribution in [2.45, 2.75) is 0 Å². The predicted molar refractivity (Wildman–Crippen MR) is 123 cm³/mol. The number of aromatic nitrogens is 1. The first-order valence-electron chi connectivity index (χ1n) is 9.40. The number of carbonyl (C=O) groups is 1. The second-order valence-electron chi connectivity index (χ2n) is 6.70. The van der Waals surface area contributed by atoms with Gasteiger partial charge in [-0.15, -0.1) is 0 Å². The number of methoxy groups -OCH3 is 1. The highest BCUT2D eigenvalue weighted by Crippen LogP contribution is 2.27. The fourth-order valence-electron chi connectivity index (χ4n) is 3.13. The van der Waals surface area contributed by atoms with E-state index in [0.717, 1.165) is 33.6 Å². The Bertz CT molecular complexity index is 1230. The molecule has 0 fully saturated rings. The first-order chi connectivity index (χ1) is 14.6. The third-order valence-corrected chi connectivity index (χ3v) is 4.91. The molecule has 4 aromatic rings. The molecule has 148 valence electrons. The molecule has 0 unspecified atom stereocenters. The van der Waals surface area contributed by atoms with Gasteiger partial charge in [0.25, 0.3) is 0 Å². The van der Waals surface area contributed by atoms with E-state index in [4.69, 9.17) is 16.3 Å². The van der Waals surface area contributed by atoms with E-state index in [1.165, 1.54) is 0 Å². The Morgan fingerprint density at radius 2 is 1.87 bits per heavy atom. The number of benzene rings is 3. The van der Waals surface area contributed by atoms with Gasteiger partial charge >= 0.3 is 0 Å². The minimum atomic E-state index is -0.0620. The van der Waals surface area contributed by atoms with Gasteiger partial charge in [-0.05, 0) is 72.3 Å². The molecule has 0 saturated carbocycles. The molecule has 0 bridgehead atoms. The maximum absolute atomic E-state index is 12.4. The Morgan fingerprint density at radius 3 is 2.67 bits per heavy atom. The molecule has 5 heteroatoms. The fraction of sp³-hybridized carbons (Fsp3) is 0.0400. The van der Waals surface area contributed by atoms with Crippen LogP contribution >= 0.6 is 11.6 Å². The Hall–Kier alpha value is -3.63. The smallest absolute Gasteiger partial charge is 0.185 e. The number of halogens is 1. The van der Waals surface area contributed by atoms with Gasteiger partial charge in [-0.1, -0.05) is 29.8 Å². The van der Waals surface area contributed by atoms with E-state index in [1.54, 1.807) is 43.6 Å². The molecule has 3 aromatic carbocycles. The second-order valence-corrected chi connectivity index (χ2v) is 7.13. The highest BCUT2D eigenvalue weighted by Gasteiger charge is 2.05. The molecular formula is C25H19ClN2O2. The van der Waals surface area contributed by atoms with Crippen LogP contribution in [0.4, 0.5) is 11.4 Å². The van der Waals surface area contributed by atoms with Crippen LogP contribution in [0, 0.1) is 0 Å². The van der Waals surface area contributed by atoms with Crippen LogP contribution in [0.1, 0.15) is 15.9 Å². The van der Waals surface area contributed by atoms with Gasteiger partial charge in [-0.3, -0.25) is 9.78 Å². The third kappa shape index (κ3) is 4.50. The zero-order chi connectivity index (χ0) is 20.9. The van der Waals surface area contributed by atoms with Crippen LogP contribution < -0.4 is 10.1 Å². The summed E-state index contributed by atoms with van der Waals surface area (Å²) in [4.78, 5) is 16.8. The van der Waals surface area contributed by atoms with Gasteiger partial charge in [0.1, 0.15) is 5.75 Å². The van der Waals surface area contributed by atoms with Crippen LogP contribution in [-0.4, -0.2) is 17.9 Å². The largest absolute Gasteiger partial charge is 0.497 e. The lowest BCUT2D eigenvalue weighted by atomic mass is 10.1. The van der Waals surface area contributed by atoms with Gasteiger partial charge in [-0.25, -0.2) is 0 Å². The lowest BCUT2D eigenvalue weighted by Crippen LogP contribution is -1.95. The summed E-state index contributed by atoms with van der Waals surface area (Å²) in [6.07, 6.45) is 5.13. The lowest BCUT2D eigenvalue weighted by molar-refractivity contribution is 0.104. The maximum Gasteiger partial charge on any atom is 0.185 e. The average molecular weight is 415 g/mol.